The van der Waals surface area contributed by atoms with Crippen LogP contribution in [0.1, 0.15) is 6.42 Å². The maximum absolute atomic E-state index is 10.8. The number of guanidine groups is 1. The van der Waals surface area contributed by atoms with Crippen LogP contribution in [0, 0.1) is 0 Å². The molecule has 1 aliphatic rings. The third-order valence-corrected chi connectivity index (χ3v) is 1.50. The summed E-state index contributed by atoms with van der Waals surface area (Å²) in [7, 11) is 1.72. The number of urea groups is 1. The largest absolute Gasteiger partial charge is 0.350 e. The maximum Gasteiger partial charge on any atom is 0.341 e. The van der Waals surface area contributed by atoms with E-state index < -0.39 is 6.03 Å². The van der Waals surface area contributed by atoms with E-state index in [9.17, 15) is 9.59 Å². The van der Waals surface area contributed by atoms with Gasteiger partial charge in [-0.25, -0.2) is 4.79 Å². The zero-order valence-electron chi connectivity index (χ0n) is 6.70. The number of nitrogens with zero attached hydrogens (tertiary/aromatic N) is 2. The molecule has 1 saturated heterocycles. The van der Waals surface area contributed by atoms with Gasteiger partial charge < -0.3 is 10.6 Å². The fourth-order valence-corrected chi connectivity index (χ4v) is 0.875. The molecule has 1 heterocycles. The molecule has 0 atom stereocenters. The summed E-state index contributed by atoms with van der Waals surface area (Å²) in [5.41, 5.74) is 4.83. The van der Waals surface area contributed by atoms with Gasteiger partial charge in [-0.05, 0) is 0 Å². The molecule has 0 unspecified atom stereocenters. The molecule has 3 amide bonds. The van der Waals surface area contributed by atoms with Gasteiger partial charge in [0.1, 0.15) is 0 Å². The third kappa shape index (κ3) is 1.94. The van der Waals surface area contributed by atoms with Crippen LogP contribution in [0.4, 0.5) is 4.79 Å². The molecule has 0 aromatic carbocycles. The van der Waals surface area contributed by atoms with Crippen molar-refractivity contribution >= 4 is 17.9 Å². The molecule has 0 saturated carbocycles. The predicted molar refractivity (Wildman–Crippen MR) is 42.4 cm³/mol. The zero-order chi connectivity index (χ0) is 9.14. The second-order valence-corrected chi connectivity index (χ2v) is 2.49. The lowest BCUT2D eigenvalue weighted by Crippen LogP contribution is -2.49. The molecule has 1 rings (SSSR count). The topological polar surface area (TPSA) is 87.8 Å². The van der Waals surface area contributed by atoms with Crippen LogP contribution in [0.2, 0.25) is 0 Å². The summed E-state index contributed by atoms with van der Waals surface area (Å²) in [5.74, 6) is 0.0758. The highest BCUT2D eigenvalue weighted by Crippen LogP contribution is 1.96. The van der Waals surface area contributed by atoms with E-state index in [-0.39, 0.29) is 11.9 Å². The van der Waals surface area contributed by atoms with Crippen LogP contribution in [0.5, 0.6) is 0 Å². The first-order valence-corrected chi connectivity index (χ1v) is 3.48. The number of primary amides is 1. The summed E-state index contributed by atoms with van der Waals surface area (Å²) < 4.78 is 0. The van der Waals surface area contributed by atoms with E-state index >= 15 is 0 Å². The number of carbonyl (C=O) groups is 2. The minimum atomic E-state index is -0.806. The quantitative estimate of drug-likeness (QED) is 0.482. The number of rotatable bonds is 0. The van der Waals surface area contributed by atoms with Crippen molar-refractivity contribution in [1.29, 1.82) is 0 Å². The smallest absolute Gasteiger partial charge is 0.341 e. The van der Waals surface area contributed by atoms with Crippen LogP contribution in [-0.4, -0.2) is 36.4 Å². The lowest BCUT2D eigenvalue weighted by Gasteiger charge is -2.25. The van der Waals surface area contributed by atoms with Crippen LogP contribution in [0.3, 0.4) is 0 Å². The Morgan fingerprint density at radius 1 is 1.75 bits per heavy atom. The lowest BCUT2D eigenvalue weighted by molar-refractivity contribution is -0.120. The first-order valence-electron chi connectivity index (χ1n) is 3.48. The number of carbonyl (C=O) groups excluding carboxylic acids is 2. The molecule has 0 aromatic rings. The van der Waals surface area contributed by atoms with Crippen molar-refractivity contribution in [2.24, 2.45) is 10.7 Å². The van der Waals surface area contributed by atoms with E-state index in [0.29, 0.717) is 13.0 Å². The van der Waals surface area contributed by atoms with E-state index in [4.69, 9.17) is 5.73 Å². The van der Waals surface area contributed by atoms with Crippen molar-refractivity contribution in [2.75, 3.05) is 13.6 Å². The highest BCUT2D eigenvalue weighted by molar-refractivity contribution is 6.03. The van der Waals surface area contributed by atoms with Gasteiger partial charge in [-0.2, -0.15) is 4.99 Å². The van der Waals surface area contributed by atoms with E-state index in [1.807, 2.05) is 0 Å². The molecule has 0 radical (unpaired) electrons. The van der Waals surface area contributed by atoms with Crippen molar-refractivity contribution in [3.8, 4) is 0 Å². The van der Waals surface area contributed by atoms with Gasteiger partial charge in [0, 0.05) is 20.0 Å². The Hall–Kier alpha value is -1.59. The fraction of sp³-hybridized carbons (Fsp3) is 0.500. The van der Waals surface area contributed by atoms with Gasteiger partial charge in [0.15, 0.2) is 0 Å². The Morgan fingerprint density at radius 2 is 2.42 bits per heavy atom. The van der Waals surface area contributed by atoms with Crippen molar-refractivity contribution in [3.05, 3.63) is 0 Å². The van der Waals surface area contributed by atoms with Gasteiger partial charge >= 0.3 is 6.03 Å². The molecule has 0 spiro atoms. The second-order valence-electron chi connectivity index (χ2n) is 2.49. The van der Waals surface area contributed by atoms with Crippen LogP contribution >= 0.6 is 0 Å². The van der Waals surface area contributed by atoms with E-state index in [2.05, 4.69) is 10.3 Å². The van der Waals surface area contributed by atoms with Gasteiger partial charge in [0.25, 0.3) is 0 Å². The molecule has 1 fully saturated rings. The number of nitrogens with one attached hydrogen (secondary N) is 1. The monoisotopic (exact) mass is 170 g/mol. The number of aliphatic imine (C=N–C) groups is 1. The Balaban J connectivity index is 2.73. The molecule has 66 valence electrons. The zero-order valence-corrected chi connectivity index (χ0v) is 6.70. The molecule has 6 heteroatoms. The van der Waals surface area contributed by atoms with Crippen LogP contribution in [0.15, 0.2) is 4.99 Å². The summed E-state index contributed by atoms with van der Waals surface area (Å²) in [5, 5.41) is 2.43. The van der Waals surface area contributed by atoms with Crippen LogP contribution in [0.25, 0.3) is 0 Å². The van der Waals surface area contributed by atoms with E-state index in [1.54, 1.807) is 11.9 Å². The van der Waals surface area contributed by atoms with Crippen molar-refractivity contribution in [2.45, 2.75) is 6.42 Å². The van der Waals surface area contributed by atoms with Gasteiger partial charge in [-0.3, -0.25) is 10.1 Å². The SMILES string of the molecule is CN1CCC(=O)N/C1=N/C(N)=O. The molecule has 12 heavy (non-hydrogen) atoms. The lowest BCUT2D eigenvalue weighted by atomic mass is 10.3. The Labute approximate surface area is 69.4 Å². The van der Waals surface area contributed by atoms with Crippen molar-refractivity contribution in [3.63, 3.8) is 0 Å². The van der Waals surface area contributed by atoms with E-state index in [1.165, 1.54) is 0 Å². The Bertz CT molecular complexity index is 248. The minimum Gasteiger partial charge on any atom is -0.350 e. The molecule has 6 nitrogen and oxygen atoms in total. The second kappa shape index (κ2) is 3.21. The van der Waals surface area contributed by atoms with Gasteiger partial charge in [-0.1, -0.05) is 0 Å². The fourth-order valence-electron chi connectivity index (χ4n) is 0.875. The molecule has 0 bridgehead atoms. The summed E-state index contributed by atoms with van der Waals surface area (Å²) in [4.78, 5) is 26.3. The van der Waals surface area contributed by atoms with Crippen molar-refractivity contribution in [1.82, 2.24) is 10.2 Å². The van der Waals surface area contributed by atoms with Crippen LogP contribution in [-0.2, 0) is 4.79 Å². The number of hydrogen-bond acceptors (Lipinski definition) is 2. The normalized spacial score (nSPS) is 20.9. The highest BCUT2D eigenvalue weighted by atomic mass is 16.2. The first kappa shape index (κ1) is 8.51. The molecular weight excluding hydrogens is 160 g/mol. The molecule has 0 aliphatic carbocycles. The molecule has 1 aliphatic heterocycles. The van der Waals surface area contributed by atoms with Crippen LogP contribution < -0.4 is 11.1 Å². The molecular formula is C6H10N4O2. The predicted octanol–water partition coefficient (Wildman–Crippen LogP) is -1.13. The average molecular weight is 170 g/mol. The average Bonchev–Trinajstić information content (AvgIpc) is 1.96. The van der Waals surface area contributed by atoms with E-state index in [0.717, 1.165) is 0 Å². The number of nitrogens with two attached hydrogens (primary N) is 1. The number of amides is 3. The van der Waals surface area contributed by atoms with Gasteiger partial charge in [-0.15, -0.1) is 0 Å². The number of hydrogen-bond donors (Lipinski definition) is 2. The van der Waals surface area contributed by atoms with Gasteiger partial charge in [0.05, 0.1) is 0 Å². The summed E-state index contributed by atoms with van der Waals surface area (Å²) in [6.45, 7) is 0.554. The summed E-state index contributed by atoms with van der Waals surface area (Å²) in [6, 6.07) is -0.806. The highest BCUT2D eigenvalue weighted by Gasteiger charge is 2.18. The Morgan fingerprint density at radius 3 is 3.00 bits per heavy atom. The summed E-state index contributed by atoms with van der Waals surface area (Å²) >= 11 is 0. The minimum absolute atomic E-state index is 0.145. The van der Waals surface area contributed by atoms with Crippen molar-refractivity contribution < 1.29 is 9.59 Å². The summed E-state index contributed by atoms with van der Waals surface area (Å²) in [6.07, 6.45) is 0.411. The standard InChI is InChI=1S/C6H10N4O2/c1-10-3-2-4(11)8-6(10)9-5(7)12/h2-3H2,1H3,(H3,7,8,9,11,12). The first-order chi connectivity index (χ1) is 5.59. The third-order valence-electron chi connectivity index (χ3n) is 1.50. The Kier molecular flexibility index (Phi) is 2.27. The molecule has 3 N–H and O–H groups in total. The molecule has 0 aromatic heterocycles. The maximum atomic E-state index is 10.8. The van der Waals surface area contributed by atoms with Gasteiger partial charge in [0.2, 0.25) is 11.9 Å².